The maximum absolute atomic E-state index is 12.8. The summed E-state index contributed by atoms with van der Waals surface area (Å²) in [5.74, 6) is -0.181. The molecule has 26 heavy (non-hydrogen) atoms. The summed E-state index contributed by atoms with van der Waals surface area (Å²) in [4.78, 5) is 26.4. The van der Waals surface area contributed by atoms with E-state index in [1.165, 1.54) is 43.3 Å². The van der Waals surface area contributed by atoms with Crippen molar-refractivity contribution in [2.75, 3.05) is 19.5 Å². The summed E-state index contributed by atoms with van der Waals surface area (Å²) >= 11 is 1.49. The smallest absolute Gasteiger partial charge is 0.341 e. The number of fused-ring (bicyclic) bond motifs is 1. The minimum atomic E-state index is -0.390. The van der Waals surface area contributed by atoms with Crippen LogP contribution in [-0.2, 0) is 17.6 Å². The van der Waals surface area contributed by atoms with Crippen LogP contribution < -0.4 is 10.1 Å². The molecule has 138 valence electrons. The van der Waals surface area contributed by atoms with Gasteiger partial charge in [0.15, 0.2) is 0 Å². The zero-order chi connectivity index (χ0) is 18.5. The van der Waals surface area contributed by atoms with Crippen molar-refractivity contribution < 1.29 is 19.1 Å². The molecule has 1 aliphatic rings. The molecule has 0 atom stereocenters. The Labute approximate surface area is 157 Å². The quantitative estimate of drug-likeness (QED) is 0.804. The zero-order valence-electron chi connectivity index (χ0n) is 15.1. The third kappa shape index (κ3) is 3.75. The Morgan fingerprint density at radius 3 is 2.50 bits per heavy atom. The van der Waals surface area contributed by atoms with Crippen molar-refractivity contribution in [3.05, 3.63) is 45.8 Å². The van der Waals surface area contributed by atoms with Crippen LogP contribution in [0.5, 0.6) is 5.75 Å². The Kier molecular flexibility index (Phi) is 5.93. The van der Waals surface area contributed by atoms with Crippen molar-refractivity contribution in [2.45, 2.75) is 38.5 Å². The average molecular weight is 373 g/mol. The fourth-order valence-corrected chi connectivity index (χ4v) is 4.60. The van der Waals surface area contributed by atoms with Crippen LogP contribution in [0.25, 0.3) is 0 Å². The predicted octanol–water partition coefficient (Wildman–Crippen LogP) is 4.45. The van der Waals surface area contributed by atoms with Crippen molar-refractivity contribution in [3.8, 4) is 5.75 Å². The van der Waals surface area contributed by atoms with Gasteiger partial charge in [0.2, 0.25) is 0 Å². The maximum atomic E-state index is 12.8. The van der Waals surface area contributed by atoms with Crippen LogP contribution in [0, 0.1) is 0 Å². The highest BCUT2D eigenvalue weighted by molar-refractivity contribution is 7.17. The first-order chi connectivity index (χ1) is 12.7. The van der Waals surface area contributed by atoms with E-state index in [1.807, 2.05) is 6.07 Å². The third-order valence-electron chi connectivity index (χ3n) is 4.64. The van der Waals surface area contributed by atoms with Gasteiger partial charge in [-0.1, -0.05) is 25.0 Å². The first kappa shape index (κ1) is 18.5. The number of rotatable bonds is 4. The SMILES string of the molecule is COC(=O)c1c(NC(=O)c2ccccc2OC)sc2c1CCCCCC2. The van der Waals surface area contributed by atoms with E-state index in [9.17, 15) is 9.59 Å². The molecule has 0 radical (unpaired) electrons. The molecular weight excluding hydrogens is 350 g/mol. The van der Waals surface area contributed by atoms with Gasteiger partial charge >= 0.3 is 5.97 Å². The summed E-state index contributed by atoms with van der Waals surface area (Å²) in [5, 5.41) is 3.48. The highest BCUT2D eigenvalue weighted by Gasteiger charge is 2.26. The van der Waals surface area contributed by atoms with E-state index < -0.39 is 5.97 Å². The van der Waals surface area contributed by atoms with Gasteiger partial charge in [-0.15, -0.1) is 11.3 Å². The highest BCUT2D eigenvalue weighted by atomic mass is 32.1. The number of esters is 1. The number of hydrogen-bond acceptors (Lipinski definition) is 5. The number of nitrogens with one attached hydrogen (secondary N) is 1. The van der Waals surface area contributed by atoms with Gasteiger partial charge in [0.1, 0.15) is 10.8 Å². The largest absolute Gasteiger partial charge is 0.496 e. The number of anilines is 1. The molecule has 6 heteroatoms. The van der Waals surface area contributed by atoms with Crippen molar-refractivity contribution in [1.29, 1.82) is 0 Å². The normalized spacial score (nSPS) is 13.9. The van der Waals surface area contributed by atoms with E-state index in [1.54, 1.807) is 18.2 Å². The molecule has 1 heterocycles. The first-order valence-electron chi connectivity index (χ1n) is 8.83. The zero-order valence-corrected chi connectivity index (χ0v) is 15.9. The lowest BCUT2D eigenvalue weighted by atomic mass is 9.96. The Bertz CT molecular complexity index is 812. The van der Waals surface area contributed by atoms with E-state index >= 15 is 0 Å². The summed E-state index contributed by atoms with van der Waals surface area (Å²) in [5.41, 5.74) is 1.99. The molecule has 5 nitrogen and oxygen atoms in total. The van der Waals surface area contributed by atoms with Gasteiger partial charge in [0, 0.05) is 4.88 Å². The molecule has 0 bridgehead atoms. The summed E-state index contributed by atoms with van der Waals surface area (Å²) in [6.07, 6.45) is 6.31. The lowest BCUT2D eigenvalue weighted by Crippen LogP contribution is -2.15. The lowest BCUT2D eigenvalue weighted by molar-refractivity contribution is 0.0601. The van der Waals surface area contributed by atoms with Gasteiger partial charge < -0.3 is 14.8 Å². The van der Waals surface area contributed by atoms with Gasteiger partial charge in [-0.3, -0.25) is 4.79 Å². The average Bonchev–Trinajstić information content (AvgIpc) is 2.97. The first-order valence-corrected chi connectivity index (χ1v) is 9.64. The summed E-state index contributed by atoms with van der Waals surface area (Å²) in [6, 6.07) is 7.04. The van der Waals surface area contributed by atoms with Gasteiger partial charge in [0.05, 0.1) is 25.3 Å². The molecule has 2 aromatic rings. The Morgan fingerprint density at radius 1 is 1.04 bits per heavy atom. The molecule has 3 rings (SSSR count). The number of aryl methyl sites for hydroxylation is 1. The third-order valence-corrected chi connectivity index (χ3v) is 5.85. The Morgan fingerprint density at radius 2 is 1.77 bits per heavy atom. The van der Waals surface area contributed by atoms with E-state index in [0.29, 0.717) is 21.9 Å². The Balaban J connectivity index is 1.97. The van der Waals surface area contributed by atoms with E-state index in [2.05, 4.69) is 5.32 Å². The fourth-order valence-electron chi connectivity index (χ4n) is 3.33. The molecule has 0 saturated carbocycles. The van der Waals surface area contributed by atoms with Gasteiger partial charge in [-0.2, -0.15) is 0 Å². The maximum Gasteiger partial charge on any atom is 0.341 e. The molecule has 1 aromatic carbocycles. The second-order valence-electron chi connectivity index (χ2n) is 6.27. The van der Waals surface area contributed by atoms with Crippen LogP contribution in [0.4, 0.5) is 5.00 Å². The minimum Gasteiger partial charge on any atom is -0.496 e. The second kappa shape index (κ2) is 8.36. The predicted molar refractivity (Wildman–Crippen MR) is 102 cm³/mol. The van der Waals surface area contributed by atoms with Gasteiger partial charge in [0.25, 0.3) is 5.91 Å². The van der Waals surface area contributed by atoms with Crippen LogP contribution in [0.1, 0.15) is 56.8 Å². The molecule has 1 N–H and O–H groups in total. The highest BCUT2D eigenvalue weighted by Crippen LogP contribution is 2.38. The lowest BCUT2D eigenvalue weighted by Gasteiger charge is -2.11. The number of benzene rings is 1. The number of para-hydroxylation sites is 1. The number of ether oxygens (including phenoxy) is 2. The van der Waals surface area contributed by atoms with E-state index in [0.717, 1.165) is 31.2 Å². The minimum absolute atomic E-state index is 0.290. The molecule has 1 aromatic heterocycles. The fraction of sp³-hybridized carbons (Fsp3) is 0.400. The van der Waals surface area contributed by atoms with Crippen molar-refractivity contribution >= 4 is 28.2 Å². The topological polar surface area (TPSA) is 64.6 Å². The van der Waals surface area contributed by atoms with E-state index in [4.69, 9.17) is 9.47 Å². The number of thiophene rings is 1. The number of carbonyl (C=O) groups is 2. The van der Waals surface area contributed by atoms with Crippen molar-refractivity contribution in [2.24, 2.45) is 0 Å². The van der Waals surface area contributed by atoms with E-state index in [-0.39, 0.29) is 5.91 Å². The number of amides is 1. The molecule has 0 fully saturated rings. The number of carbonyl (C=O) groups excluding carboxylic acids is 2. The molecule has 0 aliphatic heterocycles. The molecule has 0 saturated heterocycles. The molecular formula is C20H23NO4S. The molecule has 1 aliphatic carbocycles. The standard InChI is InChI=1S/C20H23NO4S/c1-24-15-11-8-7-9-13(15)18(22)21-19-17(20(23)25-2)14-10-5-3-4-6-12-16(14)26-19/h7-9,11H,3-6,10,12H2,1-2H3,(H,21,22). The summed E-state index contributed by atoms with van der Waals surface area (Å²) < 4.78 is 10.3. The molecule has 0 spiro atoms. The number of methoxy groups -OCH3 is 2. The van der Waals surface area contributed by atoms with Crippen LogP contribution in [0.15, 0.2) is 24.3 Å². The van der Waals surface area contributed by atoms with Crippen LogP contribution in [0.2, 0.25) is 0 Å². The monoisotopic (exact) mass is 373 g/mol. The van der Waals surface area contributed by atoms with Crippen LogP contribution in [0.3, 0.4) is 0 Å². The van der Waals surface area contributed by atoms with Crippen molar-refractivity contribution in [3.63, 3.8) is 0 Å². The summed E-state index contributed by atoms with van der Waals surface area (Å²) in [6.45, 7) is 0. The van der Waals surface area contributed by atoms with Gasteiger partial charge in [-0.25, -0.2) is 4.79 Å². The van der Waals surface area contributed by atoms with Crippen LogP contribution in [-0.4, -0.2) is 26.1 Å². The second-order valence-corrected chi connectivity index (χ2v) is 7.37. The van der Waals surface area contributed by atoms with Crippen LogP contribution >= 0.6 is 11.3 Å². The summed E-state index contributed by atoms with van der Waals surface area (Å²) in [7, 11) is 2.91. The van der Waals surface area contributed by atoms with Gasteiger partial charge in [-0.05, 0) is 43.4 Å². The molecule has 1 amide bonds. The molecule has 0 unspecified atom stereocenters. The van der Waals surface area contributed by atoms with Crippen molar-refractivity contribution in [1.82, 2.24) is 0 Å². The number of hydrogen-bond donors (Lipinski definition) is 1. The Hall–Kier alpha value is -2.34.